The lowest BCUT2D eigenvalue weighted by Crippen LogP contribution is -2.39. The Morgan fingerprint density at radius 2 is 1.93 bits per heavy atom. The summed E-state index contributed by atoms with van der Waals surface area (Å²) in [7, 11) is 1.64. The number of carbonyl (C=O) groups excluding carboxylic acids is 1. The van der Waals surface area contributed by atoms with Crippen LogP contribution in [0.2, 0.25) is 0 Å². The topological polar surface area (TPSA) is 88.6 Å². The van der Waals surface area contributed by atoms with Crippen molar-refractivity contribution in [1.29, 1.82) is 0 Å². The molecular formula is C21H29N5O3. The molecule has 0 radical (unpaired) electrons. The molecule has 8 nitrogen and oxygen atoms in total. The molecule has 1 fully saturated rings. The fraction of sp³-hybridized carbons (Fsp3) is 0.476. The Hall–Kier alpha value is -2.71. The van der Waals surface area contributed by atoms with Gasteiger partial charge in [-0.1, -0.05) is 12.1 Å². The van der Waals surface area contributed by atoms with E-state index in [0.29, 0.717) is 23.9 Å². The first-order valence-corrected chi connectivity index (χ1v) is 9.95. The minimum absolute atomic E-state index is 0.194. The lowest BCUT2D eigenvalue weighted by atomic mass is 10.1. The van der Waals surface area contributed by atoms with Crippen LogP contribution in [0.1, 0.15) is 21.9 Å². The second-order valence-electron chi connectivity index (χ2n) is 6.92. The van der Waals surface area contributed by atoms with Crippen LogP contribution < -0.4 is 15.4 Å². The van der Waals surface area contributed by atoms with Crippen molar-refractivity contribution in [1.82, 2.24) is 20.2 Å². The van der Waals surface area contributed by atoms with Crippen LogP contribution in [0.3, 0.4) is 0 Å². The van der Waals surface area contributed by atoms with E-state index in [4.69, 9.17) is 9.47 Å². The third-order valence-corrected chi connectivity index (χ3v) is 4.77. The molecule has 8 heteroatoms. The summed E-state index contributed by atoms with van der Waals surface area (Å²) in [5.41, 5.74) is 1.51. The predicted molar refractivity (Wildman–Crippen MR) is 112 cm³/mol. The molecule has 0 bridgehead atoms. The van der Waals surface area contributed by atoms with E-state index in [-0.39, 0.29) is 5.91 Å². The lowest BCUT2D eigenvalue weighted by Gasteiger charge is -2.26. The second-order valence-corrected chi connectivity index (χ2v) is 6.92. The SMILES string of the molecule is COc1ccc(CCNC(=O)c2cc(NCCN3CCOCC3)nc(C)n2)cc1. The molecule has 1 aromatic heterocycles. The summed E-state index contributed by atoms with van der Waals surface area (Å²) < 4.78 is 10.5. The van der Waals surface area contributed by atoms with E-state index in [1.807, 2.05) is 24.3 Å². The zero-order chi connectivity index (χ0) is 20.5. The number of ether oxygens (including phenoxy) is 2. The number of nitrogens with zero attached hydrogens (tertiary/aromatic N) is 3. The van der Waals surface area contributed by atoms with Crippen molar-refractivity contribution in [3.8, 4) is 5.75 Å². The number of aryl methyl sites for hydroxylation is 1. The molecule has 0 unspecified atom stereocenters. The molecule has 1 aromatic carbocycles. The maximum absolute atomic E-state index is 12.5. The van der Waals surface area contributed by atoms with Crippen molar-refractivity contribution < 1.29 is 14.3 Å². The molecule has 0 saturated carbocycles. The monoisotopic (exact) mass is 399 g/mol. The number of hydrogen-bond acceptors (Lipinski definition) is 7. The highest BCUT2D eigenvalue weighted by Crippen LogP contribution is 2.11. The highest BCUT2D eigenvalue weighted by molar-refractivity contribution is 5.92. The van der Waals surface area contributed by atoms with Gasteiger partial charge in [0.05, 0.1) is 20.3 Å². The van der Waals surface area contributed by atoms with Gasteiger partial charge in [-0.25, -0.2) is 9.97 Å². The van der Waals surface area contributed by atoms with Crippen LogP contribution in [0, 0.1) is 6.92 Å². The number of hydrogen-bond donors (Lipinski definition) is 2. The van der Waals surface area contributed by atoms with E-state index in [1.165, 1.54) is 0 Å². The summed E-state index contributed by atoms with van der Waals surface area (Å²) in [5.74, 6) is 1.87. The van der Waals surface area contributed by atoms with Crippen LogP contribution >= 0.6 is 0 Å². The van der Waals surface area contributed by atoms with Gasteiger partial charge in [0.15, 0.2) is 0 Å². The van der Waals surface area contributed by atoms with Crippen LogP contribution in [-0.4, -0.2) is 73.8 Å². The van der Waals surface area contributed by atoms with Crippen molar-refractivity contribution in [2.24, 2.45) is 0 Å². The van der Waals surface area contributed by atoms with Gasteiger partial charge in [-0.2, -0.15) is 0 Å². The van der Waals surface area contributed by atoms with E-state index >= 15 is 0 Å². The molecule has 0 spiro atoms. The molecule has 1 aliphatic rings. The van der Waals surface area contributed by atoms with Crippen LogP contribution in [-0.2, 0) is 11.2 Å². The van der Waals surface area contributed by atoms with Gasteiger partial charge in [0, 0.05) is 38.8 Å². The summed E-state index contributed by atoms with van der Waals surface area (Å²) in [6.45, 7) is 7.47. The standard InChI is InChI=1S/C21H29N5O3/c1-16-24-19(15-20(25-16)22-9-10-26-11-13-29-14-12-26)21(27)23-8-7-17-3-5-18(28-2)6-4-17/h3-6,15H,7-14H2,1-2H3,(H,23,27)(H,22,24,25). The summed E-state index contributed by atoms with van der Waals surface area (Å²) in [6, 6.07) is 9.53. The van der Waals surface area contributed by atoms with E-state index < -0.39 is 0 Å². The van der Waals surface area contributed by atoms with Crippen molar-refractivity contribution >= 4 is 11.7 Å². The van der Waals surface area contributed by atoms with Crippen molar-refractivity contribution in [2.75, 3.05) is 58.4 Å². The summed E-state index contributed by atoms with van der Waals surface area (Å²) >= 11 is 0. The number of aromatic nitrogens is 2. The average molecular weight is 399 g/mol. The Balaban J connectivity index is 1.47. The third-order valence-electron chi connectivity index (χ3n) is 4.77. The van der Waals surface area contributed by atoms with Crippen molar-refractivity contribution in [3.63, 3.8) is 0 Å². The van der Waals surface area contributed by atoms with E-state index in [9.17, 15) is 4.79 Å². The number of anilines is 1. The maximum Gasteiger partial charge on any atom is 0.270 e. The maximum atomic E-state index is 12.5. The van der Waals surface area contributed by atoms with Gasteiger partial charge in [0.1, 0.15) is 23.1 Å². The van der Waals surface area contributed by atoms with E-state index in [1.54, 1.807) is 20.1 Å². The number of amides is 1. The number of morpholine rings is 1. The molecule has 156 valence electrons. The molecular weight excluding hydrogens is 370 g/mol. The molecule has 0 aliphatic carbocycles. The number of methoxy groups -OCH3 is 1. The Bertz CT molecular complexity index is 791. The third kappa shape index (κ3) is 6.69. The van der Waals surface area contributed by atoms with Crippen LogP contribution in [0.15, 0.2) is 30.3 Å². The summed E-state index contributed by atoms with van der Waals surface area (Å²) in [5, 5.41) is 6.22. The number of rotatable bonds is 9. The van der Waals surface area contributed by atoms with Gasteiger partial charge in [-0.15, -0.1) is 0 Å². The fourth-order valence-electron chi connectivity index (χ4n) is 3.14. The Kier molecular flexibility index (Phi) is 7.77. The lowest BCUT2D eigenvalue weighted by molar-refractivity contribution is 0.0398. The second kappa shape index (κ2) is 10.7. The molecule has 0 atom stereocenters. The van der Waals surface area contributed by atoms with Gasteiger partial charge in [-0.3, -0.25) is 9.69 Å². The normalized spacial score (nSPS) is 14.4. The van der Waals surface area contributed by atoms with E-state index in [2.05, 4.69) is 25.5 Å². The molecule has 1 aliphatic heterocycles. The summed E-state index contributed by atoms with van der Waals surface area (Å²) in [6.07, 6.45) is 0.741. The largest absolute Gasteiger partial charge is 0.497 e. The highest BCUT2D eigenvalue weighted by atomic mass is 16.5. The van der Waals surface area contributed by atoms with Gasteiger partial charge in [0.25, 0.3) is 5.91 Å². The Morgan fingerprint density at radius 1 is 1.17 bits per heavy atom. The minimum Gasteiger partial charge on any atom is -0.497 e. The first-order valence-electron chi connectivity index (χ1n) is 9.95. The molecule has 1 saturated heterocycles. The fourth-order valence-corrected chi connectivity index (χ4v) is 3.14. The van der Waals surface area contributed by atoms with Gasteiger partial charge >= 0.3 is 0 Å². The predicted octanol–water partition coefficient (Wildman–Crippen LogP) is 1.51. The van der Waals surface area contributed by atoms with Gasteiger partial charge in [-0.05, 0) is 31.0 Å². The Labute approximate surface area is 171 Å². The highest BCUT2D eigenvalue weighted by Gasteiger charge is 2.12. The smallest absolute Gasteiger partial charge is 0.270 e. The van der Waals surface area contributed by atoms with Gasteiger partial charge in [0.2, 0.25) is 0 Å². The van der Waals surface area contributed by atoms with E-state index in [0.717, 1.165) is 57.1 Å². The molecule has 2 N–H and O–H groups in total. The first kappa shape index (κ1) is 21.0. The molecule has 1 amide bonds. The van der Waals surface area contributed by atoms with Crippen molar-refractivity contribution in [3.05, 3.63) is 47.4 Å². The first-order chi connectivity index (χ1) is 14.1. The molecule has 29 heavy (non-hydrogen) atoms. The van der Waals surface area contributed by atoms with Crippen molar-refractivity contribution in [2.45, 2.75) is 13.3 Å². The Morgan fingerprint density at radius 3 is 2.66 bits per heavy atom. The van der Waals surface area contributed by atoms with Crippen LogP contribution in [0.5, 0.6) is 5.75 Å². The average Bonchev–Trinajstić information content (AvgIpc) is 2.74. The quantitative estimate of drug-likeness (QED) is 0.661. The zero-order valence-electron chi connectivity index (χ0n) is 17.1. The minimum atomic E-state index is -0.194. The number of carbonyl (C=O) groups is 1. The zero-order valence-corrected chi connectivity index (χ0v) is 17.1. The molecule has 3 rings (SSSR count). The molecule has 2 aromatic rings. The summed E-state index contributed by atoms with van der Waals surface area (Å²) in [4.78, 5) is 23.5. The number of nitrogens with one attached hydrogen (secondary N) is 2. The molecule has 2 heterocycles. The number of benzene rings is 1. The van der Waals surface area contributed by atoms with Crippen LogP contribution in [0.25, 0.3) is 0 Å². The van der Waals surface area contributed by atoms with Gasteiger partial charge < -0.3 is 20.1 Å². The van der Waals surface area contributed by atoms with Crippen LogP contribution in [0.4, 0.5) is 5.82 Å².